The van der Waals surface area contributed by atoms with Gasteiger partial charge in [-0.15, -0.1) is 22.7 Å². The Morgan fingerprint density at radius 3 is 2.23 bits per heavy atom. The van der Waals surface area contributed by atoms with Gasteiger partial charge in [-0.25, -0.2) is 13.4 Å². The van der Waals surface area contributed by atoms with Crippen molar-refractivity contribution in [1.82, 2.24) is 4.98 Å². The predicted molar refractivity (Wildman–Crippen MR) is 130 cm³/mol. The van der Waals surface area contributed by atoms with Crippen molar-refractivity contribution in [3.8, 4) is 21.7 Å². The third-order valence-electron chi connectivity index (χ3n) is 4.97. The van der Waals surface area contributed by atoms with Crippen LogP contribution >= 0.6 is 22.7 Å². The molecule has 0 amide bonds. The number of hydrogen-bond donors (Lipinski definition) is 1. The molecule has 0 radical (unpaired) electrons. The molecule has 0 aliphatic heterocycles. The van der Waals surface area contributed by atoms with Crippen LogP contribution in [0.5, 0.6) is 0 Å². The maximum absolute atomic E-state index is 13.0. The molecule has 154 valence electrons. The minimum Gasteiger partial charge on any atom is -0.270 e. The molecule has 1 N–H and O–H groups in total. The zero-order chi connectivity index (χ0) is 21.4. The van der Waals surface area contributed by atoms with Crippen LogP contribution in [-0.4, -0.2) is 13.4 Å². The van der Waals surface area contributed by atoms with E-state index in [-0.39, 0.29) is 4.90 Å². The molecule has 0 unspecified atom stereocenters. The maximum atomic E-state index is 13.0. The van der Waals surface area contributed by atoms with Gasteiger partial charge in [-0.3, -0.25) is 4.72 Å². The van der Waals surface area contributed by atoms with Gasteiger partial charge >= 0.3 is 0 Å². The summed E-state index contributed by atoms with van der Waals surface area (Å²) in [4.78, 5) is 4.89. The molecule has 0 atom stereocenters. The molecule has 3 aromatic carbocycles. The van der Waals surface area contributed by atoms with E-state index in [2.05, 4.69) is 9.71 Å². The first-order chi connectivity index (χ1) is 15.0. The minimum atomic E-state index is -3.71. The average Bonchev–Trinajstić information content (AvgIpc) is 3.40. The number of para-hydroxylation sites is 1. The number of benzene rings is 3. The van der Waals surface area contributed by atoms with Gasteiger partial charge in [-0.05, 0) is 53.8 Å². The summed E-state index contributed by atoms with van der Waals surface area (Å²) < 4.78 is 29.9. The topological polar surface area (TPSA) is 59.1 Å². The molecule has 31 heavy (non-hydrogen) atoms. The van der Waals surface area contributed by atoms with Crippen molar-refractivity contribution in [2.75, 3.05) is 4.72 Å². The van der Waals surface area contributed by atoms with Crippen molar-refractivity contribution in [3.05, 3.63) is 89.8 Å². The maximum Gasteiger partial charge on any atom is 0.262 e. The molecular formula is C24H18N2O2S3. The van der Waals surface area contributed by atoms with Gasteiger partial charge in [0.25, 0.3) is 10.0 Å². The first kappa shape index (κ1) is 19.9. The van der Waals surface area contributed by atoms with Crippen LogP contribution < -0.4 is 4.72 Å². The van der Waals surface area contributed by atoms with Crippen LogP contribution in [0.25, 0.3) is 31.9 Å². The van der Waals surface area contributed by atoms with Crippen molar-refractivity contribution in [2.45, 2.75) is 11.8 Å². The number of thiophene rings is 1. The lowest BCUT2D eigenvalue weighted by Crippen LogP contribution is -2.12. The Balaban J connectivity index is 1.42. The van der Waals surface area contributed by atoms with Crippen molar-refractivity contribution in [3.63, 3.8) is 0 Å². The second-order valence-corrected chi connectivity index (χ2v) is 10.8. The summed E-state index contributed by atoms with van der Waals surface area (Å²) in [5.41, 5.74) is 4.93. The van der Waals surface area contributed by atoms with Gasteiger partial charge in [0.05, 0.1) is 15.1 Å². The van der Waals surface area contributed by atoms with Crippen LogP contribution in [0.15, 0.2) is 89.1 Å². The van der Waals surface area contributed by atoms with E-state index < -0.39 is 10.0 Å². The molecule has 0 bridgehead atoms. The highest BCUT2D eigenvalue weighted by Crippen LogP contribution is 2.38. The Morgan fingerprint density at radius 2 is 1.52 bits per heavy atom. The van der Waals surface area contributed by atoms with E-state index in [0.717, 1.165) is 31.9 Å². The van der Waals surface area contributed by atoms with Crippen molar-refractivity contribution >= 4 is 47.9 Å². The molecule has 2 heterocycles. The number of thiazole rings is 1. The van der Waals surface area contributed by atoms with Gasteiger partial charge in [0.1, 0.15) is 10.0 Å². The number of nitrogens with zero attached hydrogens (tertiary/aromatic N) is 1. The van der Waals surface area contributed by atoms with Gasteiger partial charge in [-0.2, -0.15) is 0 Å². The van der Waals surface area contributed by atoms with E-state index in [4.69, 9.17) is 0 Å². The molecule has 4 nitrogen and oxygen atoms in total. The summed E-state index contributed by atoms with van der Waals surface area (Å²) >= 11 is 2.91. The van der Waals surface area contributed by atoms with E-state index in [1.807, 2.05) is 79.0 Å². The van der Waals surface area contributed by atoms with E-state index in [1.165, 1.54) is 16.9 Å². The fourth-order valence-corrected chi connectivity index (χ4v) is 6.48. The largest absolute Gasteiger partial charge is 0.270 e. The SMILES string of the molecule is Cc1ccc(-c2ccc(S(=O)(=O)Nc3sccc3-c3nc4ccccc4s3)cc2)cc1. The highest BCUT2D eigenvalue weighted by Gasteiger charge is 2.19. The van der Waals surface area contributed by atoms with Crippen molar-refractivity contribution < 1.29 is 8.42 Å². The highest BCUT2D eigenvalue weighted by atomic mass is 32.2. The van der Waals surface area contributed by atoms with Crippen LogP contribution in [0.4, 0.5) is 5.00 Å². The van der Waals surface area contributed by atoms with Crippen LogP contribution in [-0.2, 0) is 10.0 Å². The molecule has 5 aromatic rings. The van der Waals surface area contributed by atoms with Crippen LogP contribution in [0.3, 0.4) is 0 Å². The lowest BCUT2D eigenvalue weighted by atomic mass is 10.0. The second-order valence-electron chi connectivity index (χ2n) is 7.15. The molecule has 0 spiro atoms. The normalized spacial score (nSPS) is 11.6. The Kier molecular flexibility index (Phi) is 5.09. The number of rotatable bonds is 5. The zero-order valence-corrected chi connectivity index (χ0v) is 19.0. The Labute approximate surface area is 188 Å². The van der Waals surface area contributed by atoms with Crippen LogP contribution in [0, 0.1) is 6.92 Å². The third kappa shape index (κ3) is 3.99. The average molecular weight is 463 g/mol. The van der Waals surface area contributed by atoms with Gasteiger partial charge in [0.2, 0.25) is 0 Å². The fourth-order valence-electron chi connectivity index (χ4n) is 3.30. The van der Waals surface area contributed by atoms with Gasteiger partial charge in [-0.1, -0.05) is 54.1 Å². The number of aryl methyl sites for hydroxylation is 1. The number of aromatic nitrogens is 1. The standard InChI is InChI=1S/C24H18N2O2S3/c1-16-6-8-17(9-7-16)18-10-12-19(13-11-18)31(27,28)26-24-20(14-15-29-24)23-25-21-4-2-3-5-22(21)30-23/h2-15,26H,1H3. The lowest BCUT2D eigenvalue weighted by Gasteiger charge is -2.09. The molecule has 0 aliphatic rings. The van der Waals surface area contributed by atoms with Crippen molar-refractivity contribution in [2.24, 2.45) is 0 Å². The van der Waals surface area contributed by atoms with E-state index in [9.17, 15) is 8.42 Å². The monoisotopic (exact) mass is 462 g/mol. The Hall–Kier alpha value is -3.00. The minimum absolute atomic E-state index is 0.229. The first-order valence-corrected chi connectivity index (χ1v) is 12.8. The summed E-state index contributed by atoms with van der Waals surface area (Å²) in [6.07, 6.45) is 0. The quantitative estimate of drug-likeness (QED) is 0.312. The van der Waals surface area contributed by atoms with E-state index in [1.54, 1.807) is 23.5 Å². The number of fused-ring (bicyclic) bond motifs is 1. The molecule has 0 saturated heterocycles. The highest BCUT2D eigenvalue weighted by molar-refractivity contribution is 7.93. The molecule has 5 rings (SSSR count). The summed E-state index contributed by atoms with van der Waals surface area (Å²) in [5, 5.41) is 3.25. The summed E-state index contributed by atoms with van der Waals surface area (Å²) in [6, 6.07) is 24.9. The fraction of sp³-hybridized carbons (Fsp3) is 0.0417. The zero-order valence-electron chi connectivity index (χ0n) is 16.6. The number of sulfonamides is 1. The number of nitrogens with one attached hydrogen (secondary N) is 1. The van der Waals surface area contributed by atoms with Gasteiger partial charge < -0.3 is 0 Å². The van der Waals surface area contributed by atoms with E-state index >= 15 is 0 Å². The number of hydrogen-bond acceptors (Lipinski definition) is 5. The first-order valence-electron chi connectivity index (χ1n) is 9.63. The smallest absolute Gasteiger partial charge is 0.262 e. The van der Waals surface area contributed by atoms with Crippen molar-refractivity contribution in [1.29, 1.82) is 0 Å². The third-order valence-corrected chi connectivity index (χ3v) is 8.36. The summed E-state index contributed by atoms with van der Waals surface area (Å²) in [5.74, 6) is 0. The second kappa shape index (κ2) is 7.92. The van der Waals surface area contributed by atoms with Gasteiger partial charge in [0, 0.05) is 5.56 Å². The predicted octanol–water partition coefficient (Wildman–Crippen LogP) is 6.80. The summed E-state index contributed by atoms with van der Waals surface area (Å²) in [6.45, 7) is 2.04. The van der Waals surface area contributed by atoms with Gasteiger partial charge in [0.15, 0.2) is 0 Å². The lowest BCUT2D eigenvalue weighted by molar-refractivity contribution is 0.601. The van der Waals surface area contributed by atoms with Crippen LogP contribution in [0.2, 0.25) is 0 Å². The molecule has 0 saturated carbocycles. The van der Waals surface area contributed by atoms with E-state index in [0.29, 0.717) is 5.00 Å². The molecular weight excluding hydrogens is 444 g/mol. The Bertz CT molecular complexity index is 1430. The molecule has 0 aliphatic carbocycles. The molecule has 2 aromatic heterocycles. The molecule has 0 fully saturated rings. The molecule has 7 heteroatoms. The number of anilines is 1. The van der Waals surface area contributed by atoms with Crippen LogP contribution in [0.1, 0.15) is 5.56 Å². The Morgan fingerprint density at radius 1 is 0.839 bits per heavy atom. The summed E-state index contributed by atoms with van der Waals surface area (Å²) in [7, 11) is -3.71.